The summed E-state index contributed by atoms with van der Waals surface area (Å²) in [5, 5.41) is 35.2. The standard InChI is InChI=1S/C28H35N5O9/c29-19(14-16-4-2-1-3-5-16)25(38)31-20(10-12-23(30)35)26(39)33-22(15-17-6-8-18(34)9-7-17)27(40)32-21(28(41)42)11-13-24(36)37/h1-9,19-22,34H,10-15,29H2,(H2,30,35)(H,31,38)(H,32,40)(H,33,39)(H,36,37)(H,41,42). The maximum Gasteiger partial charge on any atom is 0.326 e. The Kier molecular flexibility index (Phi) is 12.9. The van der Waals surface area contributed by atoms with E-state index in [9.17, 15) is 39.0 Å². The number of carbonyl (C=O) groups is 6. The molecule has 0 fully saturated rings. The summed E-state index contributed by atoms with van der Waals surface area (Å²) in [5.74, 6) is -6.02. The van der Waals surface area contributed by atoms with Crippen LogP contribution in [0.4, 0.5) is 0 Å². The Morgan fingerprint density at radius 2 is 1.19 bits per heavy atom. The van der Waals surface area contributed by atoms with Gasteiger partial charge in [-0.25, -0.2) is 4.79 Å². The lowest BCUT2D eigenvalue weighted by atomic mass is 10.0. The molecule has 0 aromatic heterocycles. The molecule has 0 bridgehead atoms. The van der Waals surface area contributed by atoms with Crippen molar-refractivity contribution in [3.05, 3.63) is 65.7 Å². The molecule has 42 heavy (non-hydrogen) atoms. The predicted molar refractivity (Wildman–Crippen MR) is 149 cm³/mol. The fourth-order valence-electron chi connectivity index (χ4n) is 3.94. The summed E-state index contributed by atoms with van der Waals surface area (Å²) < 4.78 is 0. The third-order valence-electron chi connectivity index (χ3n) is 6.22. The van der Waals surface area contributed by atoms with Gasteiger partial charge in [-0.1, -0.05) is 42.5 Å². The van der Waals surface area contributed by atoms with Crippen LogP contribution in [0.5, 0.6) is 5.75 Å². The van der Waals surface area contributed by atoms with Crippen molar-refractivity contribution in [2.75, 3.05) is 0 Å². The smallest absolute Gasteiger partial charge is 0.326 e. The number of aromatic hydroxyl groups is 1. The van der Waals surface area contributed by atoms with Gasteiger partial charge in [-0.05, 0) is 42.5 Å². The Morgan fingerprint density at radius 3 is 1.76 bits per heavy atom. The van der Waals surface area contributed by atoms with Crippen molar-refractivity contribution in [2.24, 2.45) is 11.5 Å². The summed E-state index contributed by atoms with van der Waals surface area (Å²) in [6, 6.07) is 9.25. The van der Waals surface area contributed by atoms with Crippen molar-refractivity contribution in [1.82, 2.24) is 16.0 Å². The van der Waals surface area contributed by atoms with Crippen LogP contribution < -0.4 is 27.4 Å². The Labute approximate surface area is 241 Å². The van der Waals surface area contributed by atoms with Crippen LogP contribution in [-0.4, -0.2) is 75.1 Å². The van der Waals surface area contributed by atoms with Crippen LogP contribution in [0, 0.1) is 0 Å². The van der Waals surface area contributed by atoms with Crippen molar-refractivity contribution >= 4 is 35.6 Å². The highest BCUT2D eigenvalue weighted by atomic mass is 16.4. The molecule has 2 aromatic carbocycles. The molecule has 2 aromatic rings. The number of hydrogen-bond donors (Lipinski definition) is 8. The van der Waals surface area contributed by atoms with E-state index in [0.717, 1.165) is 5.56 Å². The first kappa shape index (κ1) is 33.2. The summed E-state index contributed by atoms with van der Waals surface area (Å²) in [4.78, 5) is 73.4. The highest BCUT2D eigenvalue weighted by Gasteiger charge is 2.31. The minimum atomic E-state index is -1.56. The fraction of sp³-hybridized carbons (Fsp3) is 0.357. The molecule has 0 aliphatic carbocycles. The van der Waals surface area contributed by atoms with E-state index in [4.69, 9.17) is 16.6 Å². The van der Waals surface area contributed by atoms with E-state index in [2.05, 4.69) is 16.0 Å². The number of carboxylic acid groups (broad SMARTS) is 2. The third-order valence-corrected chi connectivity index (χ3v) is 6.22. The van der Waals surface area contributed by atoms with Gasteiger partial charge in [0.25, 0.3) is 0 Å². The van der Waals surface area contributed by atoms with Gasteiger partial charge in [0.05, 0.1) is 6.04 Å². The van der Waals surface area contributed by atoms with Crippen LogP contribution in [0.25, 0.3) is 0 Å². The quantitative estimate of drug-likeness (QED) is 0.114. The van der Waals surface area contributed by atoms with E-state index in [1.54, 1.807) is 30.3 Å². The number of carbonyl (C=O) groups excluding carboxylic acids is 4. The SMILES string of the molecule is NC(=O)CCC(NC(=O)C(N)Cc1ccccc1)C(=O)NC(Cc1ccc(O)cc1)C(=O)NC(CCC(=O)O)C(=O)O. The van der Waals surface area contributed by atoms with Gasteiger partial charge < -0.3 is 42.7 Å². The van der Waals surface area contributed by atoms with Crippen LogP contribution in [0.2, 0.25) is 0 Å². The minimum Gasteiger partial charge on any atom is -0.508 e. The van der Waals surface area contributed by atoms with Crippen molar-refractivity contribution in [1.29, 1.82) is 0 Å². The number of amides is 4. The Bertz CT molecular complexity index is 1250. The summed E-state index contributed by atoms with van der Waals surface area (Å²) in [5.41, 5.74) is 12.5. The molecule has 0 heterocycles. The van der Waals surface area contributed by atoms with E-state index in [1.807, 2.05) is 0 Å². The highest BCUT2D eigenvalue weighted by Crippen LogP contribution is 2.13. The Hall–Kier alpha value is -4.98. The van der Waals surface area contributed by atoms with Crippen molar-refractivity contribution in [2.45, 2.75) is 62.7 Å². The molecule has 0 spiro atoms. The predicted octanol–water partition coefficient (Wildman–Crippen LogP) is -0.826. The molecular weight excluding hydrogens is 550 g/mol. The molecule has 0 aliphatic rings. The molecule has 4 unspecified atom stereocenters. The molecular formula is C28H35N5O9. The average molecular weight is 586 g/mol. The molecule has 0 aliphatic heterocycles. The van der Waals surface area contributed by atoms with Gasteiger partial charge in [0.1, 0.15) is 23.9 Å². The van der Waals surface area contributed by atoms with E-state index in [1.165, 1.54) is 24.3 Å². The van der Waals surface area contributed by atoms with Crippen molar-refractivity contribution < 1.29 is 44.1 Å². The van der Waals surface area contributed by atoms with Crippen LogP contribution in [0.3, 0.4) is 0 Å². The topological polar surface area (TPSA) is 251 Å². The van der Waals surface area contributed by atoms with Crippen molar-refractivity contribution in [3.8, 4) is 5.75 Å². The lowest BCUT2D eigenvalue weighted by molar-refractivity contribution is -0.143. The van der Waals surface area contributed by atoms with Crippen LogP contribution in [0.15, 0.2) is 54.6 Å². The summed E-state index contributed by atoms with van der Waals surface area (Å²) in [6.45, 7) is 0. The van der Waals surface area contributed by atoms with Gasteiger partial charge in [-0.15, -0.1) is 0 Å². The normalized spacial score (nSPS) is 13.5. The first-order valence-corrected chi connectivity index (χ1v) is 13.1. The second kappa shape index (κ2) is 16.3. The molecule has 0 saturated carbocycles. The monoisotopic (exact) mass is 585 g/mol. The second-order valence-corrected chi connectivity index (χ2v) is 9.63. The molecule has 226 valence electrons. The zero-order chi connectivity index (χ0) is 31.2. The molecule has 14 heteroatoms. The number of phenolic OH excluding ortho intramolecular Hbond substituents is 1. The Balaban J connectivity index is 2.24. The number of aliphatic carboxylic acids is 2. The lowest BCUT2D eigenvalue weighted by Crippen LogP contribution is -2.58. The zero-order valence-corrected chi connectivity index (χ0v) is 22.7. The minimum absolute atomic E-state index is 0.0514. The van der Waals surface area contributed by atoms with Gasteiger partial charge in [-0.3, -0.25) is 24.0 Å². The molecule has 14 nitrogen and oxygen atoms in total. The second-order valence-electron chi connectivity index (χ2n) is 9.63. The van der Waals surface area contributed by atoms with Crippen LogP contribution in [0.1, 0.15) is 36.8 Å². The number of hydrogen-bond acceptors (Lipinski definition) is 8. The average Bonchev–Trinajstić information content (AvgIpc) is 2.93. The number of rotatable bonds is 17. The largest absolute Gasteiger partial charge is 0.508 e. The van der Waals surface area contributed by atoms with Gasteiger partial charge in [0.2, 0.25) is 23.6 Å². The fourth-order valence-corrected chi connectivity index (χ4v) is 3.94. The number of primary amides is 1. The van der Waals surface area contributed by atoms with Gasteiger partial charge in [0, 0.05) is 19.3 Å². The van der Waals surface area contributed by atoms with Crippen molar-refractivity contribution in [3.63, 3.8) is 0 Å². The number of benzene rings is 2. The third kappa shape index (κ3) is 11.6. The van der Waals surface area contributed by atoms with E-state index in [-0.39, 0.29) is 31.4 Å². The van der Waals surface area contributed by atoms with Gasteiger partial charge in [-0.2, -0.15) is 0 Å². The van der Waals surface area contributed by atoms with E-state index in [0.29, 0.717) is 5.56 Å². The summed E-state index contributed by atoms with van der Waals surface area (Å²) in [6.07, 6.45) is -1.43. The molecule has 2 rings (SSSR count). The van der Waals surface area contributed by atoms with Crippen LogP contribution >= 0.6 is 0 Å². The molecule has 0 saturated heterocycles. The summed E-state index contributed by atoms with van der Waals surface area (Å²) >= 11 is 0. The van der Waals surface area contributed by atoms with Gasteiger partial charge in [0.15, 0.2) is 0 Å². The number of carboxylic acids is 2. The zero-order valence-electron chi connectivity index (χ0n) is 22.7. The number of nitrogens with two attached hydrogens (primary N) is 2. The first-order valence-electron chi connectivity index (χ1n) is 13.1. The molecule has 4 atom stereocenters. The molecule has 0 radical (unpaired) electrons. The molecule has 10 N–H and O–H groups in total. The highest BCUT2D eigenvalue weighted by molar-refractivity contribution is 5.94. The molecule has 4 amide bonds. The van der Waals surface area contributed by atoms with E-state index >= 15 is 0 Å². The number of nitrogens with one attached hydrogen (secondary N) is 3. The van der Waals surface area contributed by atoms with E-state index < -0.39 is 72.6 Å². The maximum absolute atomic E-state index is 13.3. The van der Waals surface area contributed by atoms with Crippen LogP contribution in [-0.2, 0) is 41.6 Å². The first-order chi connectivity index (χ1) is 19.8. The van der Waals surface area contributed by atoms with Gasteiger partial charge >= 0.3 is 11.9 Å². The lowest BCUT2D eigenvalue weighted by Gasteiger charge is -2.25. The summed E-state index contributed by atoms with van der Waals surface area (Å²) in [7, 11) is 0. The maximum atomic E-state index is 13.3. The number of phenols is 1. The Morgan fingerprint density at radius 1 is 0.667 bits per heavy atom.